The third-order valence-corrected chi connectivity index (χ3v) is 3.97. The Labute approximate surface area is 101 Å². The minimum Gasteiger partial charge on any atom is -0.545 e. The van der Waals surface area contributed by atoms with Crippen molar-refractivity contribution in [1.82, 2.24) is 4.72 Å². The zero-order valence-electron chi connectivity index (χ0n) is 9.64. The van der Waals surface area contributed by atoms with Crippen molar-refractivity contribution in [2.45, 2.75) is 31.2 Å². The number of aromatic carboxylic acids is 1. The summed E-state index contributed by atoms with van der Waals surface area (Å²) in [6.07, 6.45) is 0.677. The molecule has 0 amide bonds. The van der Waals surface area contributed by atoms with Crippen LogP contribution in [0.5, 0.6) is 0 Å². The summed E-state index contributed by atoms with van der Waals surface area (Å²) in [6.45, 7) is 3.62. The second-order valence-electron chi connectivity index (χ2n) is 3.74. The highest BCUT2D eigenvalue weighted by molar-refractivity contribution is 7.89. The van der Waals surface area contributed by atoms with E-state index in [1.165, 1.54) is 24.3 Å². The highest BCUT2D eigenvalue weighted by atomic mass is 32.2. The predicted molar refractivity (Wildman–Crippen MR) is 60.8 cm³/mol. The Balaban J connectivity index is 2.96. The Hall–Kier alpha value is -1.40. The summed E-state index contributed by atoms with van der Waals surface area (Å²) in [5.41, 5.74) is -0.0486. The fourth-order valence-corrected chi connectivity index (χ4v) is 2.51. The molecule has 0 unspecified atom stereocenters. The molecular formula is C11H14NO4S-. The fraction of sp³-hybridized carbons (Fsp3) is 0.364. The number of benzene rings is 1. The van der Waals surface area contributed by atoms with Gasteiger partial charge in [-0.1, -0.05) is 19.1 Å². The average molecular weight is 256 g/mol. The molecule has 0 spiro atoms. The van der Waals surface area contributed by atoms with Crippen molar-refractivity contribution in [3.05, 3.63) is 29.8 Å². The van der Waals surface area contributed by atoms with Crippen LogP contribution in [0, 0.1) is 0 Å². The maximum atomic E-state index is 11.8. The lowest BCUT2D eigenvalue weighted by Crippen LogP contribution is -2.32. The molecule has 0 aromatic heterocycles. The Bertz CT molecular complexity index is 493. The highest BCUT2D eigenvalue weighted by Gasteiger charge is 2.15. The molecule has 6 heteroatoms. The standard InChI is InChI=1S/C11H15NO4S/c1-3-8(2)12-17(15,16)10-6-4-9(5-7-10)11(13)14/h4-8,12H,3H2,1-2H3,(H,13,14)/p-1/t8-/m1/s1. The number of carbonyl (C=O) groups is 1. The van der Waals surface area contributed by atoms with Crippen molar-refractivity contribution in [2.24, 2.45) is 0 Å². The summed E-state index contributed by atoms with van der Waals surface area (Å²) in [4.78, 5) is 10.6. The minimum atomic E-state index is -3.58. The first-order valence-corrected chi connectivity index (χ1v) is 6.69. The number of hydrogen-bond donors (Lipinski definition) is 1. The van der Waals surface area contributed by atoms with Crippen LogP contribution in [-0.4, -0.2) is 20.4 Å². The lowest BCUT2D eigenvalue weighted by atomic mass is 10.2. The van der Waals surface area contributed by atoms with Gasteiger partial charge in [-0.25, -0.2) is 13.1 Å². The number of carbonyl (C=O) groups excluding carboxylic acids is 1. The zero-order valence-corrected chi connectivity index (χ0v) is 10.5. The van der Waals surface area contributed by atoms with E-state index in [0.29, 0.717) is 6.42 Å². The summed E-state index contributed by atoms with van der Waals surface area (Å²) in [5.74, 6) is -1.33. The first-order chi connectivity index (χ1) is 7.86. The maximum absolute atomic E-state index is 11.8. The number of nitrogens with one attached hydrogen (secondary N) is 1. The first kappa shape index (κ1) is 13.7. The molecule has 0 bridgehead atoms. The smallest absolute Gasteiger partial charge is 0.240 e. The fourth-order valence-electron chi connectivity index (χ4n) is 1.19. The van der Waals surface area contributed by atoms with E-state index < -0.39 is 16.0 Å². The Morgan fingerprint density at radius 2 is 1.88 bits per heavy atom. The van der Waals surface area contributed by atoms with E-state index in [4.69, 9.17) is 0 Å². The van der Waals surface area contributed by atoms with Crippen LogP contribution < -0.4 is 9.83 Å². The van der Waals surface area contributed by atoms with Crippen molar-refractivity contribution in [2.75, 3.05) is 0 Å². The van der Waals surface area contributed by atoms with Gasteiger partial charge in [0.15, 0.2) is 0 Å². The van der Waals surface area contributed by atoms with Crippen LogP contribution in [0.15, 0.2) is 29.2 Å². The van der Waals surface area contributed by atoms with Crippen LogP contribution in [-0.2, 0) is 10.0 Å². The first-order valence-electron chi connectivity index (χ1n) is 5.20. The van der Waals surface area contributed by atoms with E-state index in [1.54, 1.807) is 6.92 Å². The van der Waals surface area contributed by atoms with Crippen LogP contribution in [0.25, 0.3) is 0 Å². The molecule has 94 valence electrons. The summed E-state index contributed by atoms with van der Waals surface area (Å²) in [6, 6.07) is 4.74. The molecule has 0 aliphatic rings. The van der Waals surface area contributed by atoms with Gasteiger partial charge in [0.2, 0.25) is 10.0 Å². The Kier molecular flexibility index (Phi) is 4.25. The van der Waals surface area contributed by atoms with Gasteiger partial charge in [0.05, 0.1) is 10.9 Å². The largest absolute Gasteiger partial charge is 0.545 e. The molecule has 1 N–H and O–H groups in total. The molecule has 5 nitrogen and oxygen atoms in total. The number of carboxylic acids is 1. The van der Waals surface area contributed by atoms with Crippen LogP contribution in [0.2, 0.25) is 0 Å². The molecule has 1 aromatic carbocycles. The van der Waals surface area contributed by atoms with Crippen LogP contribution in [0.4, 0.5) is 0 Å². The van der Waals surface area contributed by atoms with E-state index in [1.807, 2.05) is 6.92 Å². The second kappa shape index (κ2) is 5.29. The van der Waals surface area contributed by atoms with Gasteiger partial charge in [-0.05, 0) is 31.0 Å². The number of sulfonamides is 1. The van der Waals surface area contributed by atoms with Gasteiger partial charge in [-0.15, -0.1) is 0 Å². The molecular weight excluding hydrogens is 242 g/mol. The van der Waals surface area contributed by atoms with Crippen LogP contribution in [0.3, 0.4) is 0 Å². The topological polar surface area (TPSA) is 86.3 Å². The third-order valence-electron chi connectivity index (χ3n) is 2.37. The van der Waals surface area contributed by atoms with Crippen LogP contribution >= 0.6 is 0 Å². The normalized spacial score (nSPS) is 13.3. The monoisotopic (exact) mass is 256 g/mol. The van der Waals surface area contributed by atoms with Gasteiger partial charge < -0.3 is 9.90 Å². The minimum absolute atomic E-state index is 0.0443. The van der Waals surface area contributed by atoms with Crippen molar-refractivity contribution >= 4 is 16.0 Å². The molecule has 0 fully saturated rings. The molecule has 0 aliphatic heterocycles. The zero-order chi connectivity index (χ0) is 13.1. The van der Waals surface area contributed by atoms with E-state index in [-0.39, 0.29) is 16.5 Å². The Morgan fingerprint density at radius 1 is 1.35 bits per heavy atom. The number of rotatable bonds is 5. The SMILES string of the molecule is CC[C@@H](C)NS(=O)(=O)c1ccc(C(=O)[O-])cc1. The van der Waals surface area contributed by atoms with Crippen molar-refractivity contribution in [3.8, 4) is 0 Å². The number of carboxylic acid groups (broad SMARTS) is 1. The van der Waals surface area contributed by atoms with Crippen molar-refractivity contribution in [1.29, 1.82) is 0 Å². The predicted octanol–water partition coefficient (Wildman–Crippen LogP) is 0.127. The van der Waals surface area contributed by atoms with Crippen molar-refractivity contribution < 1.29 is 18.3 Å². The summed E-state index contributed by atoms with van der Waals surface area (Å²) in [7, 11) is -3.58. The highest BCUT2D eigenvalue weighted by Crippen LogP contribution is 2.11. The molecule has 1 aromatic rings. The van der Waals surface area contributed by atoms with Gasteiger partial charge >= 0.3 is 0 Å². The van der Waals surface area contributed by atoms with Crippen molar-refractivity contribution in [3.63, 3.8) is 0 Å². The van der Waals surface area contributed by atoms with Crippen LogP contribution in [0.1, 0.15) is 30.6 Å². The van der Waals surface area contributed by atoms with E-state index in [9.17, 15) is 18.3 Å². The van der Waals surface area contributed by atoms with E-state index in [0.717, 1.165) is 0 Å². The quantitative estimate of drug-likeness (QED) is 0.811. The molecule has 0 saturated carbocycles. The third kappa shape index (κ3) is 3.54. The molecule has 0 heterocycles. The molecule has 0 radical (unpaired) electrons. The molecule has 17 heavy (non-hydrogen) atoms. The number of hydrogen-bond acceptors (Lipinski definition) is 4. The van der Waals surface area contributed by atoms with Gasteiger partial charge in [0.1, 0.15) is 0 Å². The summed E-state index contributed by atoms with van der Waals surface area (Å²) in [5, 5.41) is 10.5. The summed E-state index contributed by atoms with van der Waals surface area (Å²) >= 11 is 0. The lowest BCUT2D eigenvalue weighted by Gasteiger charge is -2.12. The molecule has 1 rings (SSSR count). The summed E-state index contributed by atoms with van der Waals surface area (Å²) < 4.78 is 26.1. The molecule has 1 atom stereocenters. The van der Waals surface area contributed by atoms with E-state index >= 15 is 0 Å². The molecule has 0 saturated heterocycles. The second-order valence-corrected chi connectivity index (χ2v) is 5.46. The van der Waals surface area contributed by atoms with Gasteiger partial charge in [0, 0.05) is 6.04 Å². The molecule has 0 aliphatic carbocycles. The van der Waals surface area contributed by atoms with Gasteiger partial charge in [-0.2, -0.15) is 0 Å². The lowest BCUT2D eigenvalue weighted by molar-refractivity contribution is -0.255. The van der Waals surface area contributed by atoms with E-state index in [2.05, 4.69) is 4.72 Å². The maximum Gasteiger partial charge on any atom is 0.240 e. The van der Waals surface area contributed by atoms with Gasteiger partial charge in [-0.3, -0.25) is 0 Å². The van der Waals surface area contributed by atoms with Gasteiger partial charge in [0.25, 0.3) is 0 Å². The average Bonchev–Trinajstić information content (AvgIpc) is 2.28. The Morgan fingerprint density at radius 3 is 2.29 bits per heavy atom.